The van der Waals surface area contributed by atoms with Gasteiger partial charge in [0, 0.05) is 6.54 Å². The van der Waals surface area contributed by atoms with E-state index in [1.54, 1.807) is 13.0 Å². The number of nitrogens with zero attached hydrogens (tertiary/aromatic N) is 1. The van der Waals surface area contributed by atoms with Gasteiger partial charge < -0.3 is 10.5 Å². The van der Waals surface area contributed by atoms with Crippen LogP contribution in [0.5, 0.6) is 0 Å². The van der Waals surface area contributed by atoms with Gasteiger partial charge in [-0.25, -0.2) is 9.78 Å². The van der Waals surface area contributed by atoms with Crippen molar-refractivity contribution >= 4 is 39.9 Å². The van der Waals surface area contributed by atoms with Crippen LogP contribution in [0.15, 0.2) is 18.2 Å². The minimum Gasteiger partial charge on any atom is -0.462 e. The zero-order chi connectivity index (χ0) is 11.5. The van der Waals surface area contributed by atoms with Crippen LogP contribution < -0.4 is 5.73 Å². The Morgan fingerprint density at radius 2 is 2.29 bits per heavy atom. The van der Waals surface area contributed by atoms with E-state index in [-0.39, 0.29) is 18.4 Å². The summed E-state index contributed by atoms with van der Waals surface area (Å²) in [5.74, 6) is -0.332. The molecule has 1 aromatic heterocycles. The number of thiazole rings is 1. The number of carbonyl (C=O) groups excluding carboxylic acids is 1. The summed E-state index contributed by atoms with van der Waals surface area (Å²) in [6.45, 7) is 2.54. The summed E-state index contributed by atoms with van der Waals surface area (Å²) in [4.78, 5) is 16.0. The van der Waals surface area contributed by atoms with E-state index in [1.807, 2.05) is 12.1 Å². The number of halogens is 1. The van der Waals surface area contributed by atoms with Gasteiger partial charge in [-0.1, -0.05) is 6.07 Å². The van der Waals surface area contributed by atoms with E-state index in [4.69, 9.17) is 10.5 Å². The fourth-order valence-corrected chi connectivity index (χ4v) is 2.33. The van der Waals surface area contributed by atoms with Crippen LogP contribution in [0.2, 0.25) is 0 Å². The average molecular weight is 273 g/mol. The van der Waals surface area contributed by atoms with E-state index in [0.29, 0.717) is 24.2 Å². The molecule has 0 saturated heterocycles. The monoisotopic (exact) mass is 272 g/mol. The Morgan fingerprint density at radius 1 is 1.53 bits per heavy atom. The van der Waals surface area contributed by atoms with Gasteiger partial charge in [-0.3, -0.25) is 0 Å². The van der Waals surface area contributed by atoms with Gasteiger partial charge in [0.25, 0.3) is 0 Å². The van der Waals surface area contributed by atoms with Crippen LogP contribution >= 0.6 is 23.7 Å². The van der Waals surface area contributed by atoms with Gasteiger partial charge in [-0.05, 0) is 19.1 Å². The van der Waals surface area contributed by atoms with Crippen molar-refractivity contribution < 1.29 is 9.53 Å². The van der Waals surface area contributed by atoms with Gasteiger partial charge in [0.2, 0.25) is 0 Å². The molecule has 0 aliphatic rings. The SMILES string of the molecule is CCOC(=O)c1cccc2sc(CN)nc12.Cl. The second kappa shape index (κ2) is 5.95. The third-order valence-corrected chi connectivity index (χ3v) is 3.18. The maximum absolute atomic E-state index is 11.7. The summed E-state index contributed by atoms with van der Waals surface area (Å²) in [5.41, 5.74) is 6.73. The van der Waals surface area contributed by atoms with Crippen molar-refractivity contribution in [2.75, 3.05) is 6.61 Å². The Hall–Kier alpha value is -1.17. The highest BCUT2D eigenvalue weighted by molar-refractivity contribution is 7.18. The van der Waals surface area contributed by atoms with Crippen molar-refractivity contribution in [3.63, 3.8) is 0 Å². The lowest BCUT2D eigenvalue weighted by molar-refractivity contribution is 0.0528. The number of benzene rings is 1. The second-order valence-electron chi connectivity index (χ2n) is 3.18. The molecule has 1 aromatic carbocycles. The average Bonchev–Trinajstić information content (AvgIpc) is 2.71. The molecular formula is C11H13ClN2O2S. The fourth-order valence-electron chi connectivity index (χ4n) is 1.46. The van der Waals surface area contributed by atoms with Crippen molar-refractivity contribution in [2.24, 2.45) is 5.73 Å². The number of nitrogens with two attached hydrogens (primary N) is 1. The van der Waals surface area contributed by atoms with E-state index in [2.05, 4.69) is 4.98 Å². The predicted octanol–water partition coefficient (Wildman–Crippen LogP) is 2.35. The van der Waals surface area contributed by atoms with Gasteiger partial charge in [-0.2, -0.15) is 0 Å². The Balaban J connectivity index is 0.00000144. The van der Waals surface area contributed by atoms with Crippen LogP contribution in [0.3, 0.4) is 0 Å². The molecule has 17 heavy (non-hydrogen) atoms. The molecule has 0 fully saturated rings. The summed E-state index contributed by atoms with van der Waals surface area (Å²) in [7, 11) is 0. The van der Waals surface area contributed by atoms with Crippen LogP contribution in [0.4, 0.5) is 0 Å². The lowest BCUT2D eigenvalue weighted by Crippen LogP contribution is -2.05. The molecule has 0 atom stereocenters. The number of rotatable bonds is 3. The predicted molar refractivity (Wildman–Crippen MR) is 70.7 cm³/mol. The van der Waals surface area contributed by atoms with E-state index >= 15 is 0 Å². The summed E-state index contributed by atoms with van der Waals surface area (Å²) < 4.78 is 5.94. The molecule has 6 heteroatoms. The summed E-state index contributed by atoms with van der Waals surface area (Å²) >= 11 is 1.50. The van der Waals surface area contributed by atoms with Gasteiger partial charge in [0.05, 0.1) is 22.4 Å². The van der Waals surface area contributed by atoms with Gasteiger partial charge in [-0.15, -0.1) is 23.7 Å². The Morgan fingerprint density at radius 3 is 2.94 bits per heavy atom. The topological polar surface area (TPSA) is 65.2 Å². The van der Waals surface area contributed by atoms with Crippen LogP contribution in [0.25, 0.3) is 10.2 Å². The summed E-state index contributed by atoms with van der Waals surface area (Å²) in [6, 6.07) is 5.47. The standard InChI is InChI=1S/C11H12N2O2S.ClH/c1-2-15-11(14)7-4-3-5-8-10(7)13-9(6-12)16-8;/h3-5H,2,6,12H2,1H3;1H. The number of para-hydroxylation sites is 1. The molecule has 2 N–H and O–H groups in total. The molecule has 0 radical (unpaired) electrons. The zero-order valence-electron chi connectivity index (χ0n) is 9.30. The molecule has 0 amide bonds. The molecule has 0 aliphatic heterocycles. The molecule has 0 spiro atoms. The number of esters is 1. The molecule has 0 unspecified atom stereocenters. The quantitative estimate of drug-likeness (QED) is 0.871. The van der Waals surface area contributed by atoms with Crippen LogP contribution in [-0.4, -0.2) is 17.6 Å². The number of hydrogen-bond donors (Lipinski definition) is 1. The van der Waals surface area contributed by atoms with Crippen LogP contribution in [-0.2, 0) is 11.3 Å². The third-order valence-electron chi connectivity index (χ3n) is 2.13. The third kappa shape index (κ3) is 2.74. The first-order valence-corrected chi connectivity index (χ1v) is 5.83. The lowest BCUT2D eigenvalue weighted by Gasteiger charge is -2.01. The van der Waals surface area contributed by atoms with Crippen LogP contribution in [0, 0.1) is 0 Å². The molecule has 92 valence electrons. The number of carbonyl (C=O) groups is 1. The van der Waals surface area contributed by atoms with Crippen molar-refractivity contribution in [3.8, 4) is 0 Å². The Labute approximate surface area is 109 Å². The minimum atomic E-state index is -0.332. The molecular weight excluding hydrogens is 260 g/mol. The molecule has 0 aliphatic carbocycles. The van der Waals surface area contributed by atoms with Crippen molar-refractivity contribution in [1.82, 2.24) is 4.98 Å². The van der Waals surface area contributed by atoms with Gasteiger partial charge in [0.1, 0.15) is 5.01 Å². The lowest BCUT2D eigenvalue weighted by atomic mass is 10.2. The smallest absolute Gasteiger partial charge is 0.340 e. The first-order valence-electron chi connectivity index (χ1n) is 5.02. The first-order chi connectivity index (χ1) is 7.76. The highest BCUT2D eigenvalue weighted by atomic mass is 35.5. The van der Waals surface area contributed by atoms with E-state index < -0.39 is 0 Å². The summed E-state index contributed by atoms with van der Waals surface area (Å²) in [6.07, 6.45) is 0. The zero-order valence-corrected chi connectivity index (χ0v) is 10.9. The van der Waals surface area contributed by atoms with E-state index in [0.717, 1.165) is 9.71 Å². The van der Waals surface area contributed by atoms with Crippen molar-refractivity contribution in [3.05, 3.63) is 28.8 Å². The normalized spacial score (nSPS) is 10.0. The van der Waals surface area contributed by atoms with E-state index in [9.17, 15) is 4.79 Å². The summed E-state index contributed by atoms with van der Waals surface area (Å²) in [5, 5.41) is 0.826. The van der Waals surface area contributed by atoms with Gasteiger partial charge >= 0.3 is 5.97 Å². The van der Waals surface area contributed by atoms with Crippen molar-refractivity contribution in [2.45, 2.75) is 13.5 Å². The number of aromatic nitrogens is 1. The molecule has 4 nitrogen and oxygen atoms in total. The largest absolute Gasteiger partial charge is 0.462 e. The molecule has 0 saturated carbocycles. The Kier molecular flexibility index (Phi) is 4.86. The number of fused-ring (bicyclic) bond motifs is 1. The fraction of sp³-hybridized carbons (Fsp3) is 0.273. The maximum Gasteiger partial charge on any atom is 0.340 e. The van der Waals surface area contributed by atoms with Crippen molar-refractivity contribution in [1.29, 1.82) is 0 Å². The highest BCUT2D eigenvalue weighted by Gasteiger charge is 2.14. The highest BCUT2D eigenvalue weighted by Crippen LogP contribution is 2.25. The number of ether oxygens (including phenoxy) is 1. The first kappa shape index (κ1) is 13.9. The second-order valence-corrected chi connectivity index (χ2v) is 4.30. The molecule has 2 aromatic rings. The molecule has 0 bridgehead atoms. The molecule has 2 rings (SSSR count). The molecule has 1 heterocycles. The van der Waals surface area contributed by atoms with Crippen LogP contribution in [0.1, 0.15) is 22.3 Å². The Bertz CT molecular complexity index is 527. The maximum atomic E-state index is 11.7. The minimum absolute atomic E-state index is 0. The van der Waals surface area contributed by atoms with Gasteiger partial charge in [0.15, 0.2) is 0 Å². The number of hydrogen-bond acceptors (Lipinski definition) is 5. The van der Waals surface area contributed by atoms with E-state index in [1.165, 1.54) is 11.3 Å².